The summed E-state index contributed by atoms with van der Waals surface area (Å²) in [4.78, 5) is 23.4. The summed E-state index contributed by atoms with van der Waals surface area (Å²) in [5.41, 5.74) is 2.21. The molecule has 0 saturated carbocycles. The highest BCUT2D eigenvalue weighted by Crippen LogP contribution is 2.38. The first kappa shape index (κ1) is 23.4. The molecule has 1 aromatic carbocycles. The second-order valence-corrected chi connectivity index (χ2v) is 9.75. The van der Waals surface area contributed by atoms with Crippen molar-refractivity contribution in [1.82, 2.24) is 10.6 Å². The van der Waals surface area contributed by atoms with Crippen LogP contribution in [0.1, 0.15) is 68.9 Å². The summed E-state index contributed by atoms with van der Waals surface area (Å²) >= 11 is 0. The molecule has 0 saturated heterocycles. The van der Waals surface area contributed by atoms with Crippen LogP contribution >= 0.6 is 0 Å². The Balaban J connectivity index is 2.00. The molecule has 1 aliphatic rings. The van der Waals surface area contributed by atoms with Crippen LogP contribution in [-0.4, -0.2) is 49.3 Å². The number of carbonyl (C=O) groups is 2. The molecule has 1 aromatic rings. The number of benzene rings is 1. The molecular weight excluding hydrogens is 368 g/mol. The summed E-state index contributed by atoms with van der Waals surface area (Å²) in [7, 11) is 1.72. The summed E-state index contributed by atoms with van der Waals surface area (Å²) < 4.78 is 5.78. The lowest BCUT2D eigenvalue weighted by Crippen LogP contribution is -2.57. The molecule has 6 heteroatoms. The maximum atomic E-state index is 11.9. The molecular formula is C23H36N2O4. The van der Waals surface area contributed by atoms with Crippen molar-refractivity contribution in [3.8, 4) is 0 Å². The van der Waals surface area contributed by atoms with Gasteiger partial charge in [0.1, 0.15) is 0 Å². The number of amides is 1. The third-order valence-corrected chi connectivity index (χ3v) is 5.65. The van der Waals surface area contributed by atoms with Crippen molar-refractivity contribution in [1.29, 1.82) is 0 Å². The van der Waals surface area contributed by atoms with E-state index in [1.165, 1.54) is 0 Å². The molecule has 162 valence electrons. The van der Waals surface area contributed by atoms with Crippen LogP contribution in [-0.2, 0) is 21.4 Å². The molecule has 0 radical (unpaired) electrons. The molecule has 2 atom stereocenters. The standard InChI is InChI=1S/C23H36N2O4/c1-22(2,3)14-19(26)24-10-7-11-25-20-18(29-6)13-15-8-9-16(21(27)28)12-17(15)23(20,4)5/h8-9,12,18,20,25H,7,10-11,13-14H2,1-6H3,(H,24,26)(H,27,28)/t18-,20+/m0/s1. The fraction of sp³-hybridized carbons (Fsp3) is 0.652. The minimum Gasteiger partial charge on any atom is -0.478 e. The van der Waals surface area contributed by atoms with Crippen molar-refractivity contribution >= 4 is 11.9 Å². The lowest BCUT2D eigenvalue weighted by molar-refractivity contribution is -0.122. The van der Waals surface area contributed by atoms with Crippen LogP contribution in [0.5, 0.6) is 0 Å². The van der Waals surface area contributed by atoms with Gasteiger partial charge in [-0.1, -0.05) is 40.7 Å². The van der Waals surface area contributed by atoms with Gasteiger partial charge in [0.2, 0.25) is 5.91 Å². The van der Waals surface area contributed by atoms with Gasteiger partial charge in [0, 0.05) is 38.0 Å². The van der Waals surface area contributed by atoms with Gasteiger partial charge in [0.05, 0.1) is 11.7 Å². The van der Waals surface area contributed by atoms with Gasteiger partial charge in [-0.3, -0.25) is 4.79 Å². The number of aromatic carboxylic acids is 1. The number of hydrogen-bond donors (Lipinski definition) is 3. The predicted molar refractivity (Wildman–Crippen MR) is 114 cm³/mol. The number of fused-ring (bicyclic) bond motifs is 1. The highest BCUT2D eigenvalue weighted by Gasteiger charge is 2.42. The number of carboxylic acids is 1. The molecule has 29 heavy (non-hydrogen) atoms. The van der Waals surface area contributed by atoms with Crippen LogP contribution in [0.25, 0.3) is 0 Å². The Morgan fingerprint density at radius 3 is 2.52 bits per heavy atom. The topological polar surface area (TPSA) is 87.7 Å². The second kappa shape index (κ2) is 9.26. The van der Waals surface area contributed by atoms with Gasteiger partial charge >= 0.3 is 5.97 Å². The number of rotatable bonds is 8. The molecule has 0 unspecified atom stereocenters. The monoisotopic (exact) mass is 404 g/mol. The molecule has 0 spiro atoms. The number of hydrogen-bond acceptors (Lipinski definition) is 4. The van der Waals surface area contributed by atoms with E-state index in [1.54, 1.807) is 19.2 Å². The van der Waals surface area contributed by atoms with Crippen molar-refractivity contribution in [2.24, 2.45) is 5.41 Å². The summed E-state index contributed by atoms with van der Waals surface area (Å²) in [6.45, 7) is 11.8. The second-order valence-electron chi connectivity index (χ2n) is 9.75. The Hall–Kier alpha value is -1.92. The Morgan fingerprint density at radius 2 is 1.93 bits per heavy atom. The molecule has 0 heterocycles. The van der Waals surface area contributed by atoms with E-state index in [0.29, 0.717) is 18.5 Å². The molecule has 0 aliphatic heterocycles. The summed E-state index contributed by atoms with van der Waals surface area (Å²) in [5.74, 6) is -0.826. The third-order valence-electron chi connectivity index (χ3n) is 5.65. The first-order chi connectivity index (χ1) is 13.5. The zero-order valence-electron chi connectivity index (χ0n) is 18.6. The zero-order chi connectivity index (χ0) is 21.8. The van der Waals surface area contributed by atoms with Crippen molar-refractivity contribution in [2.45, 2.75) is 71.4 Å². The molecule has 1 amide bonds. The smallest absolute Gasteiger partial charge is 0.335 e. The van der Waals surface area contributed by atoms with Gasteiger partial charge < -0.3 is 20.5 Å². The third kappa shape index (κ3) is 6.03. The average molecular weight is 405 g/mol. The number of nitrogens with one attached hydrogen (secondary N) is 2. The molecule has 2 rings (SSSR count). The van der Waals surface area contributed by atoms with Crippen LogP contribution in [0.4, 0.5) is 0 Å². The minimum atomic E-state index is -0.909. The van der Waals surface area contributed by atoms with Crippen LogP contribution in [0.15, 0.2) is 18.2 Å². The number of ether oxygens (including phenoxy) is 1. The van der Waals surface area contributed by atoms with E-state index in [1.807, 2.05) is 6.07 Å². The van der Waals surface area contributed by atoms with E-state index >= 15 is 0 Å². The summed E-state index contributed by atoms with van der Waals surface area (Å²) in [6.07, 6.45) is 2.09. The van der Waals surface area contributed by atoms with E-state index < -0.39 is 5.97 Å². The Labute approximate surface area is 174 Å². The molecule has 3 N–H and O–H groups in total. The summed E-state index contributed by atoms with van der Waals surface area (Å²) in [6, 6.07) is 5.42. The molecule has 0 aromatic heterocycles. The average Bonchev–Trinajstić information content (AvgIpc) is 2.60. The largest absolute Gasteiger partial charge is 0.478 e. The van der Waals surface area contributed by atoms with E-state index in [4.69, 9.17) is 4.74 Å². The maximum absolute atomic E-state index is 11.9. The van der Waals surface area contributed by atoms with E-state index in [-0.39, 0.29) is 28.9 Å². The van der Waals surface area contributed by atoms with Crippen molar-refractivity contribution in [3.05, 3.63) is 34.9 Å². The maximum Gasteiger partial charge on any atom is 0.335 e. The number of methoxy groups -OCH3 is 1. The lowest BCUT2D eigenvalue weighted by atomic mass is 9.67. The van der Waals surface area contributed by atoms with E-state index in [2.05, 4.69) is 45.3 Å². The van der Waals surface area contributed by atoms with Crippen molar-refractivity contribution in [2.75, 3.05) is 20.2 Å². The Kier molecular flexibility index (Phi) is 7.46. The van der Waals surface area contributed by atoms with Gasteiger partial charge in [0.25, 0.3) is 0 Å². The van der Waals surface area contributed by atoms with Gasteiger partial charge in [-0.05, 0) is 41.6 Å². The molecule has 0 fully saturated rings. The normalized spacial score (nSPS) is 20.8. The first-order valence-corrected chi connectivity index (χ1v) is 10.4. The fourth-order valence-corrected chi connectivity index (χ4v) is 4.18. The first-order valence-electron chi connectivity index (χ1n) is 10.4. The zero-order valence-corrected chi connectivity index (χ0v) is 18.6. The van der Waals surface area contributed by atoms with Crippen LogP contribution < -0.4 is 10.6 Å². The van der Waals surface area contributed by atoms with Crippen molar-refractivity contribution < 1.29 is 19.4 Å². The van der Waals surface area contributed by atoms with Gasteiger partial charge in [-0.25, -0.2) is 4.79 Å². The minimum absolute atomic E-state index is 0.00339. The predicted octanol–water partition coefficient (Wildman–Crippen LogP) is 3.13. The molecule has 0 bridgehead atoms. The van der Waals surface area contributed by atoms with E-state index in [9.17, 15) is 14.7 Å². The molecule has 1 aliphatic carbocycles. The Morgan fingerprint density at radius 1 is 1.24 bits per heavy atom. The number of carbonyl (C=O) groups excluding carboxylic acids is 1. The SMILES string of the molecule is CO[C@H]1Cc2ccc(C(=O)O)cc2C(C)(C)[C@@H]1NCCCNC(=O)CC(C)(C)C. The van der Waals surface area contributed by atoms with Crippen LogP contribution in [0.2, 0.25) is 0 Å². The lowest BCUT2D eigenvalue weighted by Gasteiger charge is -2.45. The van der Waals surface area contributed by atoms with Crippen molar-refractivity contribution in [3.63, 3.8) is 0 Å². The molecule has 6 nitrogen and oxygen atoms in total. The van der Waals surface area contributed by atoms with Crippen LogP contribution in [0.3, 0.4) is 0 Å². The highest BCUT2D eigenvalue weighted by molar-refractivity contribution is 5.88. The van der Waals surface area contributed by atoms with Gasteiger partial charge in [-0.2, -0.15) is 0 Å². The van der Waals surface area contributed by atoms with Gasteiger partial charge in [0.15, 0.2) is 0 Å². The van der Waals surface area contributed by atoms with Crippen LogP contribution in [0, 0.1) is 5.41 Å². The van der Waals surface area contributed by atoms with Gasteiger partial charge in [-0.15, -0.1) is 0 Å². The quantitative estimate of drug-likeness (QED) is 0.580. The fourth-order valence-electron chi connectivity index (χ4n) is 4.18. The number of carboxylic acid groups (broad SMARTS) is 1. The highest BCUT2D eigenvalue weighted by atomic mass is 16.5. The Bertz CT molecular complexity index is 737. The summed E-state index contributed by atoms with van der Waals surface area (Å²) in [5, 5.41) is 15.9. The van der Waals surface area contributed by atoms with E-state index in [0.717, 1.165) is 30.5 Å².